The van der Waals surface area contributed by atoms with Crippen LogP contribution in [0.4, 0.5) is 0 Å². The Balaban J connectivity index is 1.84. The summed E-state index contributed by atoms with van der Waals surface area (Å²) in [4.78, 5) is 17.4. The van der Waals surface area contributed by atoms with Crippen LogP contribution in [0.2, 0.25) is 0 Å². The van der Waals surface area contributed by atoms with E-state index < -0.39 is 0 Å². The van der Waals surface area contributed by atoms with Gasteiger partial charge in [0.2, 0.25) is 5.91 Å². The molecule has 1 saturated heterocycles. The van der Waals surface area contributed by atoms with Crippen LogP contribution >= 0.6 is 0 Å². The van der Waals surface area contributed by atoms with Crippen LogP contribution in [0.25, 0.3) is 0 Å². The average molecular weight is 219 g/mol. The molecule has 2 N–H and O–H groups in total. The molecule has 2 rings (SSSR count). The number of primary amides is 1. The van der Waals surface area contributed by atoms with Crippen LogP contribution in [-0.4, -0.2) is 28.9 Å². The summed E-state index contributed by atoms with van der Waals surface area (Å²) in [5.74, 6) is -0.0720. The standard InChI is InChI=1S/C12H17N3O/c13-12(16)11-3-7-15(8-4-11)9-10-1-5-14-6-2-10/h1-2,5-6,11H,3-4,7-9H2,(H2,13,16). The summed E-state index contributed by atoms with van der Waals surface area (Å²) in [6.07, 6.45) is 5.40. The fourth-order valence-electron chi connectivity index (χ4n) is 2.12. The molecular weight excluding hydrogens is 202 g/mol. The molecule has 1 fully saturated rings. The van der Waals surface area contributed by atoms with Crippen molar-refractivity contribution in [3.05, 3.63) is 30.1 Å². The lowest BCUT2D eigenvalue weighted by Gasteiger charge is -2.30. The average Bonchev–Trinajstić information content (AvgIpc) is 2.31. The number of hydrogen-bond donors (Lipinski definition) is 1. The molecule has 86 valence electrons. The zero-order valence-electron chi connectivity index (χ0n) is 9.30. The van der Waals surface area contributed by atoms with Crippen LogP contribution < -0.4 is 5.73 Å². The molecule has 0 radical (unpaired) electrons. The second kappa shape index (κ2) is 5.07. The number of rotatable bonds is 3. The smallest absolute Gasteiger partial charge is 0.220 e. The molecule has 0 unspecified atom stereocenters. The molecule has 0 bridgehead atoms. The highest BCUT2D eigenvalue weighted by Gasteiger charge is 2.22. The molecule has 1 amide bonds. The Morgan fingerprint density at radius 3 is 2.56 bits per heavy atom. The lowest BCUT2D eigenvalue weighted by Crippen LogP contribution is -2.38. The van der Waals surface area contributed by atoms with Crippen molar-refractivity contribution in [2.24, 2.45) is 11.7 Å². The van der Waals surface area contributed by atoms with E-state index in [-0.39, 0.29) is 11.8 Å². The predicted octanol–water partition coefficient (Wildman–Crippen LogP) is 0.779. The van der Waals surface area contributed by atoms with Gasteiger partial charge >= 0.3 is 0 Å². The molecule has 1 aliphatic rings. The maximum absolute atomic E-state index is 11.0. The number of pyridine rings is 1. The lowest BCUT2D eigenvalue weighted by atomic mass is 9.96. The minimum absolute atomic E-state index is 0.0775. The summed E-state index contributed by atoms with van der Waals surface area (Å²) >= 11 is 0. The largest absolute Gasteiger partial charge is 0.369 e. The summed E-state index contributed by atoms with van der Waals surface area (Å²) in [5, 5.41) is 0. The van der Waals surface area contributed by atoms with Gasteiger partial charge in [-0.1, -0.05) is 0 Å². The van der Waals surface area contributed by atoms with Crippen molar-refractivity contribution in [3.8, 4) is 0 Å². The van der Waals surface area contributed by atoms with Crippen LogP contribution in [0.3, 0.4) is 0 Å². The Kier molecular flexibility index (Phi) is 3.51. The van der Waals surface area contributed by atoms with E-state index in [0.717, 1.165) is 32.5 Å². The zero-order valence-corrected chi connectivity index (χ0v) is 9.30. The highest BCUT2D eigenvalue weighted by molar-refractivity contribution is 5.76. The van der Waals surface area contributed by atoms with Gasteiger partial charge in [-0.3, -0.25) is 14.7 Å². The van der Waals surface area contributed by atoms with Crippen molar-refractivity contribution in [1.29, 1.82) is 0 Å². The van der Waals surface area contributed by atoms with Crippen molar-refractivity contribution >= 4 is 5.91 Å². The van der Waals surface area contributed by atoms with Gasteiger partial charge in [0.05, 0.1) is 0 Å². The number of aromatic nitrogens is 1. The summed E-state index contributed by atoms with van der Waals surface area (Å²) in [6.45, 7) is 2.85. The molecule has 16 heavy (non-hydrogen) atoms. The predicted molar refractivity (Wildman–Crippen MR) is 61.4 cm³/mol. The monoisotopic (exact) mass is 219 g/mol. The Bertz CT molecular complexity index is 345. The molecule has 4 heteroatoms. The first kappa shape index (κ1) is 11.1. The highest BCUT2D eigenvalue weighted by atomic mass is 16.1. The summed E-state index contributed by atoms with van der Waals surface area (Å²) in [7, 11) is 0. The van der Waals surface area contributed by atoms with Gasteiger partial charge in [0.15, 0.2) is 0 Å². The third kappa shape index (κ3) is 2.79. The fraction of sp³-hybridized carbons (Fsp3) is 0.500. The Hall–Kier alpha value is -1.42. The third-order valence-corrected chi connectivity index (χ3v) is 3.15. The van der Waals surface area contributed by atoms with Gasteiger partial charge in [0, 0.05) is 24.9 Å². The SMILES string of the molecule is NC(=O)C1CCN(Cc2ccncc2)CC1. The summed E-state index contributed by atoms with van der Waals surface area (Å²) in [6, 6.07) is 4.06. The second-order valence-electron chi connectivity index (χ2n) is 4.31. The summed E-state index contributed by atoms with van der Waals surface area (Å²) in [5.41, 5.74) is 6.57. The second-order valence-corrected chi connectivity index (χ2v) is 4.31. The molecule has 1 aliphatic heterocycles. The van der Waals surface area contributed by atoms with E-state index >= 15 is 0 Å². The lowest BCUT2D eigenvalue weighted by molar-refractivity contribution is -0.123. The van der Waals surface area contributed by atoms with Crippen LogP contribution in [0.5, 0.6) is 0 Å². The minimum Gasteiger partial charge on any atom is -0.369 e. The first-order valence-electron chi connectivity index (χ1n) is 5.66. The minimum atomic E-state index is -0.149. The van der Waals surface area contributed by atoms with E-state index in [2.05, 4.69) is 9.88 Å². The first-order valence-corrected chi connectivity index (χ1v) is 5.66. The number of hydrogen-bond acceptors (Lipinski definition) is 3. The van der Waals surface area contributed by atoms with Gasteiger partial charge in [-0.2, -0.15) is 0 Å². The van der Waals surface area contributed by atoms with Crippen LogP contribution in [-0.2, 0) is 11.3 Å². The van der Waals surface area contributed by atoms with Crippen LogP contribution in [0.15, 0.2) is 24.5 Å². The maximum Gasteiger partial charge on any atom is 0.220 e. The van der Waals surface area contributed by atoms with Crippen molar-refractivity contribution in [3.63, 3.8) is 0 Å². The molecule has 0 aliphatic carbocycles. The Morgan fingerprint density at radius 2 is 2.00 bits per heavy atom. The molecule has 0 aromatic carbocycles. The molecule has 0 saturated carbocycles. The topological polar surface area (TPSA) is 59.2 Å². The number of carbonyl (C=O) groups is 1. The number of nitrogens with two attached hydrogens (primary N) is 1. The fourth-order valence-corrected chi connectivity index (χ4v) is 2.12. The van der Waals surface area contributed by atoms with Crippen molar-refractivity contribution < 1.29 is 4.79 Å². The van der Waals surface area contributed by atoms with Crippen LogP contribution in [0, 0.1) is 5.92 Å². The number of amides is 1. The molecule has 0 spiro atoms. The quantitative estimate of drug-likeness (QED) is 0.817. The highest BCUT2D eigenvalue weighted by Crippen LogP contribution is 2.18. The zero-order chi connectivity index (χ0) is 11.4. The molecule has 0 atom stereocenters. The maximum atomic E-state index is 11.0. The molecule has 1 aromatic rings. The van der Waals surface area contributed by atoms with Gasteiger partial charge < -0.3 is 5.73 Å². The van der Waals surface area contributed by atoms with Gasteiger partial charge in [-0.05, 0) is 43.6 Å². The number of carbonyl (C=O) groups excluding carboxylic acids is 1. The van der Waals surface area contributed by atoms with E-state index in [0.29, 0.717) is 0 Å². The molecule has 2 heterocycles. The summed E-state index contributed by atoms with van der Waals surface area (Å²) < 4.78 is 0. The molecule has 4 nitrogen and oxygen atoms in total. The number of piperidine rings is 1. The van der Waals surface area contributed by atoms with Gasteiger partial charge in [-0.25, -0.2) is 0 Å². The van der Waals surface area contributed by atoms with Crippen LogP contribution in [0.1, 0.15) is 18.4 Å². The number of likely N-dealkylation sites (tertiary alicyclic amines) is 1. The molecule has 1 aromatic heterocycles. The Labute approximate surface area is 95.5 Å². The van der Waals surface area contributed by atoms with Crippen molar-refractivity contribution in [2.75, 3.05) is 13.1 Å². The van der Waals surface area contributed by atoms with E-state index in [4.69, 9.17) is 5.73 Å². The normalized spacial score (nSPS) is 18.5. The van der Waals surface area contributed by atoms with E-state index in [1.807, 2.05) is 24.5 Å². The first-order chi connectivity index (χ1) is 7.75. The van der Waals surface area contributed by atoms with Crippen molar-refractivity contribution in [2.45, 2.75) is 19.4 Å². The van der Waals surface area contributed by atoms with Crippen molar-refractivity contribution in [1.82, 2.24) is 9.88 Å². The third-order valence-electron chi connectivity index (χ3n) is 3.15. The van der Waals surface area contributed by atoms with E-state index in [9.17, 15) is 4.79 Å². The van der Waals surface area contributed by atoms with E-state index in [1.54, 1.807) is 0 Å². The molecular formula is C12H17N3O. The van der Waals surface area contributed by atoms with Gasteiger partial charge in [-0.15, -0.1) is 0 Å². The Morgan fingerprint density at radius 1 is 1.38 bits per heavy atom. The van der Waals surface area contributed by atoms with Gasteiger partial charge in [0.1, 0.15) is 0 Å². The number of nitrogens with zero attached hydrogens (tertiary/aromatic N) is 2. The van der Waals surface area contributed by atoms with Gasteiger partial charge in [0.25, 0.3) is 0 Å². The van der Waals surface area contributed by atoms with E-state index in [1.165, 1.54) is 5.56 Å².